The van der Waals surface area contributed by atoms with Gasteiger partial charge in [-0.2, -0.15) is 0 Å². The van der Waals surface area contributed by atoms with Gasteiger partial charge in [0.25, 0.3) is 20.0 Å². The monoisotopic (exact) mass is 756 g/mol. The van der Waals surface area contributed by atoms with Gasteiger partial charge in [0.2, 0.25) is 0 Å². The molecule has 15 nitrogen and oxygen atoms in total. The lowest BCUT2D eigenvalue weighted by atomic mass is 10.1. The average molecular weight is 757 g/mol. The highest BCUT2D eigenvalue weighted by molar-refractivity contribution is 7.93. The first-order valence-corrected chi connectivity index (χ1v) is 18.3. The number of carboxylic acids is 1. The molecule has 0 saturated carbocycles. The lowest BCUT2D eigenvalue weighted by Gasteiger charge is -2.13. The van der Waals surface area contributed by atoms with E-state index in [2.05, 4.69) is 24.8 Å². The second-order valence-electron chi connectivity index (χ2n) is 11.5. The van der Waals surface area contributed by atoms with Crippen molar-refractivity contribution < 1.29 is 51.3 Å². The number of carbonyl (C=O) groups excluding carboxylic acids is 2. The van der Waals surface area contributed by atoms with Crippen LogP contribution in [0, 0.1) is 0 Å². The van der Waals surface area contributed by atoms with Gasteiger partial charge in [0.1, 0.15) is 11.5 Å². The lowest BCUT2D eigenvalue weighted by Crippen LogP contribution is -2.19. The van der Waals surface area contributed by atoms with Gasteiger partial charge in [0.05, 0.1) is 28.0 Å². The molecule has 270 valence electrons. The number of benzene rings is 6. The van der Waals surface area contributed by atoms with Crippen molar-refractivity contribution >= 4 is 82.3 Å². The van der Waals surface area contributed by atoms with Crippen molar-refractivity contribution in [3.8, 4) is 11.5 Å². The van der Waals surface area contributed by atoms with Crippen LogP contribution in [-0.4, -0.2) is 57.2 Å². The van der Waals surface area contributed by atoms with E-state index in [9.17, 15) is 46.5 Å². The number of fused-ring (bicyclic) bond motifs is 2. The van der Waals surface area contributed by atoms with Crippen molar-refractivity contribution in [2.24, 2.45) is 0 Å². The number of sulfonamides is 2. The third-order valence-corrected chi connectivity index (χ3v) is 10.6. The van der Waals surface area contributed by atoms with E-state index in [4.69, 9.17) is 0 Å². The number of anilines is 4. The summed E-state index contributed by atoms with van der Waals surface area (Å²) in [7, 11) is -7.34. The Morgan fingerprint density at radius 3 is 1.47 bits per heavy atom. The van der Waals surface area contributed by atoms with Crippen molar-refractivity contribution in [3.05, 3.63) is 120 Å². The topological polar surface area (TPSA) is 238 Å². The molecule has 0 aromatic heterocycles. The van der Waals surface area contributed by atoms with E-state index in [-0.39, 0.29) is 71.3 Å². The first kappa shape index (κ1) is 36.0. The Labute approximate surface area is 301 Å². The van der Waals surface area contributed by atoms with Crippen molar-refractivity contribution in [1.82, 2.24) is 0 Å². The fourth-order valence-corrected chi connectivity index (χ4v) is 7.58. The molecule has 0 unspecified atom stereocenters. The highest BCUT2D eigenvalue weighted by Crippen LogP contribution is 2.33. The lowest BCUT2D eigenvalue weighted by molar-refractivity contribution is 0.0599. The summed E-state index contributed by atoms with van der Waals surface area (Å²) in [5.74, 6) is -2.60. The first-order chi connectivity index (χ1) is 25.1. The van der Waals surface area contributed by atoms with E-state index in [0.29, 0.717) is 5.39 Å². The summed E-state index contributed by atoms with van der Waals surface area (Å²) in [6.45, 7) is 0. The van der Waals surface area contributed by atoms with E-state index >= 15 is 0 Å². The van der Waals surface area contributed by atoms with Crippen LogP contribution in [0.15, 0.2) is 119 Å². The van der Waals surface area contributed by atoms with Gasteiger partial charge in [-0.05, 0) is 95.7 Å². The SMILES string of the molecule is COC(=O)c1cccc(NS(=O)(=O)c2cc(O)c3ccc(NC(=O)Nc4ccc5c(O)cc(S(=O)(=O)Nc6cccc(C(=O)O)c6)cc5c4)cc3c2)c1. The number of aromatic carboxylic acids is 1. The van der Waals surface area contributed by atoms with Crippen LogP contribution in [0.3, 0.4) is 0 Å². The summed E-state index contributed by atoms with van der Waals surface area (Å²) in [5, 5.41) is 36.8. The number of urea groups is 1. The smallest absolute Gasteiger partial charge is 0.337 e. The maximum atomic E-state index is 13.2. The van der Waals surface area contributed by atoms with Crippen LogP contribution in [-0.2, 0) is 24.8 Å². The minimum atomic E-state index is -4.28. The number of amides is 2. The summed E-state index contributed by atoms with van der Waals surface area (Å²) in [6.07, 6.45) is 0. The number of phenols is 2. The number of phenolic OH excluding ortho intramolecular Hbond substituents is 2. The maximum Gasteiger partial charge on any atom is 0.337 e. The van der Waals surface area contributed by atoms with Crippen molar-refractivity contribution in [3.63, 3.8) is 0 Å². The molecule has 0 spiro atoms. The standard InChI is InChI=1S/C36H28N4O11S2/c1-51-35(45)21-5-3-7-27(13-21)40-53(49,50)29-17-23-15-25(9-11-31(23)33(42)19-29)38-36(46)37-24-8-10-30-22(14-24)16-28(18-32(30)41)52(47,48)39-26-6-2-4-20(12-26)34(43)44/h2-19,39-42H,1H3,(H,43,44)(H2,37,38,46). The molecule has 2 amide bonds. The highest BCUT2D eigenvalue weighted by Gasteiger charge is 2.20. The van der Waals surface area contributed by atoms with E-state index in [1.54, 1.807) is 0 Å². The third kappa shape index (κ3) is 7.90. The molecular weight excluding hydrogens is 729 g/mol. The number of nitrogens with one attached hydrogen (secondary N) is 4. The molecule has 0 heterocycles. The zero-order valence-corrected chi connectivity index (χ0v) is 28.9. The minimum Gasteiger partial charge on any atom is -0.507 e. The number of carboxylic acid groups (broad SMARTS) is 1. The minimum absolute atomic E-state index is 0.00210. The summed E-state index contributed by atoms with van der Waals surface area (Å²) in [5.41, 5.74) is 0.526. The quantitative estimate of drug-likeness (QED) is 0.0784. The number of hydrogen-bond acceptors (Lipinski definition) is 10. The van der Waals surface area contributed by atoms with Crippen LogP contribution in [0.2, 0.25) is 0 Å². The molecule has 0 saturated heterocycles. The predicted octanol–water partition coefficient (Wildman–Crippen LogP) is 6.13. The Morgan fingerprint density at radius 1 is 0.566 bits per heavy atom. The number of aromatic hydroxyl groups is 2. The van der Waals surface area contributed by atoms with Gasteiger partial charge >= 0.3 is 18.0 Å². The third-order valence-electron chi connectivity index (χ3n) is 7.84. The fraction of sp³-hybridized carbons (Fsp3) is 0.0278. The summed E-state index contributed by atoms with van der Waals surface area (Å²) < 4.78 is 62.1. The predicted molar refractivity (Wildman–Crippen MR) is 197 cm³/mol. The second kappa shape index (κ2) is 14.0. The van der Waals surface area contributed by atoms with Crippen molar-refractivity contribution in [2.75, 3.05) is 27.2 Å². The average Bonchev–Trinajstić information content (AvgIpc) is 3.10. The molecule has 0 bridgehead atoms. The van der Waals surface area contributed by atoms with Gasteiger partial charge in [-0.1, -0.05) is 12.1 Å². The molecule has 0 aliphatic heterocycles. The molecule has 6 aromatic carbocycles. The normalized spacial score (nSPS) is 11.5. The van der Waals surface area contributed by atoms with E-state index in [1.807, 2.05) is 0 Å². The van der Waals surface area contributed by atoms with Gasteiger partial charge in [-0.3, -0.25) is 9.44 Å². The number of rotatable bonds is 10. The van der Waals surface area contributed by atoms with Crippen molar-refractivity contribution in [1.29, 1.82) is 0 Å². The Morgan fingerprint density at radius 2 is 1.02 bits per heavy atom. The second-order valence-corrected chi connectivity index (χ2v) is 14.9. The van der Waals surface area contributed by atoms with Gasteiger partial charge in [-0.25, -0.2) is 31.2 Å². The Bertz CT molecular complexity index is 2700. The van der Waals surface area contributed by atoms with Gasteiger partial charge in [-0.15, -0.1) is 0 Å². The van der Waals surface area contributed by atoms with Crippen molar-refractivity contribution in [2.45, 2.75) is 9.79 Å². The zero-order chi connectivity index (χ0) is 38.1. The number of methoxy groups -OCH3 is 1. The molecule has 0 fully saturated rings. The molecular formula is C36H28N4O11S2. The van der Waals surface area contributed by atoms with Gasteiger partial charge < -0.3 is 30.7 Å². The van der Waals surface area contributed by atoms with Crippen LogP contribution in [0.4, 0.5) is 27.5 Å². The number of carbonyl (C=O) groups is 3. The maximum absolute atomic E-state index is 13.2. The van der Waals surface area contributed by atoms with Crippen LogP contribution in [0.25, 0.3) is 21.5 Å². The summed E-state index contributed by atoms with van der Waals surface area (Å²) in [4.78, 5) is 35.6. The molecule has 0 atom stereocenters. The van der Waals surface area contributed by atoms with Gasteiger partial charge in [0.15, 0.2) is 0 Å². The first-order valence-electron chi connectivity index (χ1n) is 15.3. The van der Waals surface area contributed by atoms with Crippen LogP contribution >= 0.6 is 0 Å². The number of esters is 1. The summed E-state index contributed by atoms with van der Waals surface area (Å²) in [6, 6.07) is 23.6. The van der Waals surface area contributed by atoms with Crippen LogP contribution in [0.1, 0.15) is 20.7 Å². The Kier molecular flexibility index (Phi) is 9.53. The molecule has 7 N–H and O–H groups in total. The molecule has 53 heavy (non-hydrogen) atoms. The number of ether oxygens (including phenoxy) is 1. The Hall–Kier alpha value is -6.85. The molecule has 0 aliphatic carbocycles. The number of hydrogen-bond donors (Lipinski definition) is 7. The zero-order valence-electron chi connectivity index (χ0n) is 27.3. The van der Waals surface area contributed by atoms with E-state index in [0.717, 1.165) is 18.2 Å². The summed E-state index contributed by atoms with van der Waals surface area (Å²) >= 11 is 0. The molecule has 0 aliphatic rings. The highest BCUT2D eigenvalue weighted by atomic mass is 32.2. The van der Waals surface area contributed by atoms with Crippen LogP contribution in [0.5, 0.6) is 11.5 Å². The van der Waals surface area contributed by atoms with E-state index < -0.39 is 38.0 Å². The Balaban J connectivity index is 1.20. The molecule has 17 heteroatoms. The van der Waals surface area contributed by atoms with Gasteiger partial charge in [0, 0.05) is 45.7 Å². The molecule has 0 radical (unpaired) electrons. The fourth-order valence-electron chi connectivity index (χ4n) is 5.38. The molecule has 6 aromatic rings. The van der Waals surface area contributed by atoms with E-state index in [1.165, 1.54) is 98.1 Å². The molecule has 6 rings (SSSR count). The largest absolute Gasteiger partial charge is 0.507 e. The van der Waals surface area contributed by atoms with Crippen LogP contribution < -0.4 is 20.1 Å².